The first-order valence-electron chi connectivity index (χ1n) is 13.9. The van der Waals surface area contributed by atoms with Gasteiger partial charge in [-0.1, -0.05) is 45.4 Å². The molecule has 1 aromatic carbocycles. The molecule has 0 radical (unpaired) electrons. The summed E-state index contributed by atoms with van der Waals surface area (Å²) in [5, 5.41) is 11.0. The summed E-state index contributed by atoms with van der Waals surface area (Å²) in [7, 11) is 0. The number of hydrogen-bond donors (Lipinski definition) is 4. The Balaban J connectivity index is 1.75. The largest absolute Gasteiger partial charge is 0.356 e. The smallest absolute Gasteiger partial charge is 0.289 e. The van der Waals surface area contributed by atoms with E-state index in [1.807, 2.05) is 27.7 Å². The van der Waals surface area contributed by atoms with E-state index in [0.717, 1.165) is 12.8 Å². The molecule has 1 saturated carbocycles. The zero-order chi connectivity index (χ0) is 29.6. The van der Waals surface area contributed by atoms with E-state index in [1.54, 1.807) is 12.1 Å². The molecule has 220 valence electrons. The third kappa shape index (κ3) is 9.28. The van der Waals surface area contributed by atoms with Crippen LogP contribution in [0.3, 0.4) is 0 Å². The topological polar surface area (TPSA) is 133 Å². The van der Waals surface area contributed by atoms with Crippen LogP contribution in [0.1, 0.15) is 84.1 Å². The molecule has 4 atom stereocenters. The molecule has 1 aliphatic carbocycles. The van der Waals surface area contributed by atoms with Gasteiger partial charge in [0.05, 0.1) is 6.04 Å². The Morgan fingerprint density at radius 2 is 1.80 bits per heavy atom. The van der Waals surface area contributed by atoms with Crippen molar-refractivity contribution in [3.63, 3.8) is 0 Å². The average molecular weight is 579 g/mol. The van der Waals surface area contributed by atoms with Gasteiger partial charge in [0, 0.05) is 29.9 Å². The second-order valence-electron chi connectivity index (χ2n) is 12.0. The number of Topliss-reactive ketones (excluding diaryl/α,β-unsaturated/α-hetero) is 1. The minimum absolute atomic E-state index is 0.0154. The predicted molar refractivity (Wildman–Crippen MR) is 149 cm³/mol. The summed E-state index contributed by atoms with van der Waals surface area (Å²) in [5.74, 6) is -4.36. The molecule has 4 N–H and O–H groups in total. The Morgan fingerprint density at radius 1 is 1.10 bits per heavy atom. The second kappa shape index (κ2) is 13.6. The number of ketones is 1. The van der Waals surface area contributed by atoms with E-state index in [2.05, 4.69) is 21.3 Å². The highest BCUT2D eigenvalue weighted by Gasteiger charge is 2.37. The normalized spacial score (nSPS) is 19.2. The van der Waals surface area contributed by atoms with Crippen molar-refractivity contribution in [2.75, 3.05) is 6.54 Å². The minimum atomic E-state index is -1.22. The molecule has 2 fully saturated rings. The molecule has 0 bridgehead atoms. The van der Waals surface area contributed by atoms with E-state index in [4.69, 9.17) is 11.6 Å². The molecule has 3 rings (SSSR count). The van der Waals surface area contributed by atoms with Crippen LogP contribution in [0, 0.1) is 17.2 Å². The van der Waals surface area contributed by atoms with Crippen molar-refractivity contribution < 1.29 is 28.4 Å². The van der Waals surface area contributed by atoms with Crippen LogP contribution < -0.4 is 21.3 Å². The van der Waals surface area contributed by atoms with Gasteiger partial charge >= 0.3 is 0 Å². The van der Waals surface area contributed by atoms with Gasteiger partial charge in [-0.15, -0.1) is 0 Å². The fourth-order valence-electron chi connectivity index (χ4n) is 4.91. The molecule has 1 unspecified atom stereocenters. The summed E-state index contributed by atoms with van der Waals surface area (Å²) in [4.78, 5) is 64.5. The number of halogens is 2. The Morgan fingerprint density at radius 3 is 2.35 bits per heavy atom. The van der Waals surface area contributed by atoms with Crippen LogP contribution in [0.4, 0.5) is 4.39 Å². The van der Waals surface area contributed by atoms with E-state index in [0.29, 0.717) is 24.9 Å². The molecule has 4 amide bonds. The third-order valence-corrected chi connectivity index (χ3v) is 7.48. The number of carbonyl (C=O) groups excluding carboxylic acids is 5. The summed E-state index contributed by atoms with van der Waals surface area (Å²) in [5.41, 5.74) is -0.0170. The molecular formula is C29H40ClFN4O5. The van der Waals surface area contributed by atoms with Gasteiger partial charge in [0.2, 0.25) is 23.5 Å². The van der Waals surface area contributed by atoms with Crippen molar-refractivity contribution in [2.24, 2.45) is 11.3 Å². The van der Waals surface area contributed by atoms with Gasteiger partial charge in [-0.2, -0.15) is 0 Å². The molecule has 9 nitrogen and oxygen atoms in total. The van der Waals surface area contributed by atoms with E-state index in [9.17, 15) is 28.4 Å². The van der Waals surface area contributed by atoms with Crippen molar-refractivity contribution in [3.8, 4) is 0 Å². The maximum absolute atomic E-state index is 14.5. The van der Waals surface area contributed by atoms with E-state index < -0.39 is 53.2 Å². The van der Waals surface area contributed by atoms with Crippen LogP contribution >= 0.6 is 11.6 Å². The van der Waals surface area contributed by atoms with Crippen molar-refractivity contribution in [2.45, 2.75) is 96.7 Å². The minimum Gasteiger partial charge on any atom is -0.356 e. The number of benzene rings is 1. The van der Waals surface area contributed by atoms with Crippen molar-refractivity contribution in [1.82, 2.24) is 21.3 Å². The number of rotatable bonds is 13. The summed E-state index contributed by atoms with van der Waals surface area (Å²) in [6.45, 7) is 8.03. The molecule has 1 heterocycles. The first-order chi connectivity index (χ1) is 18.8. The maximum Gasteiger partial charge on any atom is 0.289 e. The molecular weight excluding hydrogens is 539 g/mol. The third-order valence-electron chi connectivity index (χ3n) is 7.25. The summed E-state index contributed by atoms with van der Waals surface area (Å²) >= 11 is 5.87. The number of amides is 4. The lowest BCUT2D eigenvalue weighted by Gasteiger charge is -2.29. The molecule has 1 saturated heterocycles. The first kappa shape index (κ1) is 31.5. The van der Waals surface area contributed by atoms with Gasteiger partial charge in [-0.3, -0.25) is 24.0 Å². The monoisotopic (exact) mass is 578 g/mol. The van der Waals surface area contributed by atoms with Gasteiger partial charge in [-0.25, -0.2) is 4.39 Å². The van der Waals surface area contributed by atoms with Crippen LogP contribution in [0.25, 0.3) is 0 Å². The van der Waals surface area contributed by atoms with Crippen molar-refractivity contribution in [1.29, 1.82) is 0 Å². The molecule has 40 heavy (non-hydrogen) atoms. The van der Waals surface area contributed by atoms with Crippen LogP contribution in [0.15, 0.2) is 18.2 Å². The molecule has 0 spiro atoms. The first-order valence-corrected chi connectivity index (χ1v) is 14.3. The van der Waals surface area contributed by atoms with Gasteiger partial charge in [0.15, 0.2) is 0 Å². The van der Waals surface area contributed by atoms with Gasteiger partial charge in [0.25, 0.3) is 5.91 Å². The zero-order valence-electron chi connectivity index (χ0n) is 23.6. The Bertz CT molecular complexity index is 1130. The SMILES string of the molecule is CC[C@H](CC(=O)N[C@@H](CC(C)(C)C)C(=O)NC(C[C@@H]1CCNC1=O)C(=O)C(=O)NC1CC1)c1ccc(Cl)cc1F. The molecule has 1 aromatic rings. The maximum atomic E-state index is 14.5. The van der Waals surface area contributed by atoms with Crippen LogP contribution in [-0.2, 0) is 24.0 Å². The van der Waals surface area contributed by atoms with E-state index in [-0.39, 0.29) is 41.6 Å². The summed E-state index contributed by atoms with van der Waals surface area (Å²) < 4.78 is 14.5. The van der Waals surface area contributed by atoms with E-state index >= 15 is 0 Å². The second-order valence-corrected chi connectivity index (χ2v) is 12.5. The molecule has 1 aliphatic heterocycles. The van der Waals surface area contributed by atoms with Crippen LogP contribution in [0.5, 0.6) is 0 Å². The van der Waals surface area contributed by atoms with Crippen molar-refractivity contribution in [3.05, 3.63) is 34.6 Å². The van der Waals surface area contributed by atoms with Gasteiger partial charge in [0.1, 0.15) is 11.9 Å². The van der Waals surface area contributed by atoms with Crippen molar-refractivity contribution >= 4 is 41.0 Å². The quantitative estimate of drug-likeness (QED) is 0.267. The lowest BCUT2D eigenvalue weighted by atomic mass is 9.87. The fraction of sp³-hybridized carbons (Fsp3) is 0.621. The summed E-state index contributed by atoms with van der Waals surface area (Å²) in [6.07, 6.45) is 2.73. The lowest BCUT2D eigenvalue weighted by molar-refractivity contribution is -0.141. The average Bonchev–Trinajstić information content (AvgIpc) is 3.59. The number of carbonyl (C=O) groups is 5. The van der Waals surface area contributed by atoms with Gasteiger partial charge in [-0.05, 0) is 67.6 Å². The Labute approximate surface area is 239 Å². The lowest BCUT2D eigenvalue weighted by Crippen LogP contribution is -2.55. The fourth-order valence-corrected chi connectivity index (χ4v) is 5.06. The standard InChI is InChI=1S/C29H40ClFN4O5/c1-5-16(20-9-6-18(30)14-21(20)31)13-24(36)34-23(15-29(2,3)4)27(39)35-22(12-17-10-11-32-26(17)38)25(37)28(40)33-19-7-8-19/h6,9,14,16-17,19,22-23H,5,7-8,10-13,15H2,1-4H3,(H,32,38)(H,33,40)(H,34,36)(H,35,39)/t16-,17+,22?,23+/m1/s1. The molecule has 11 heteroatoms. The molecule has 0 aromatic heterocycles. The Hall–Kier alpha value is -3.01. The van der Waals surface area contributed by atoms with Gasteiger partial charge < -0.3 is 21.3 Å². The van der Waals surface area contributed by atoms with E-state index in [1.165, 1.54) is 6.07 Å². The number of hydrogen-bond acceptors (Lipinski definition) is 5. The molecule has 2 aliphatic rings. The van der Waals surface area contributed by atoms with Crippen LogP contribution in [0.2, 0.25) is 5.02 Å². The zero-order valence-corrected chi connectivity index (χ0v) is 24.3. The highest BCUT2D eigenvalue weighted by Crippen LogP contribution is 2.28. The predicted octanol–water partition coefficient (Wildman–Crippen LogP) is 3.14. The number of nitrogens with one attached hydrogen (secondary N) is 4. The van der Waals surface area contributed by atoms with Crippen LogP contribution in [-0.4, -0.2) is 54.1 Å². The Kier molecular flexibility index (Phi) is 10.7. The highest BCUT2D eigenvalue weighted by molar-refractivity contribution is 6.38. The summed E-state index contributed by atoms with van der Waals surface area (Å²) in [6, 6.07) is 2.05. The highest BCUT2D eigenvalue weighted by atomic mass is 35.5.